The summed E-state index contributed by atoms with van der Waals surface area (Å²) in [4.78, 5) is 0. The first kappa shape index (κ1) is 66.3. The molecule has 4 nitrogen and oxygen atoms in total. The Balaban J connectivity index is -0.0000000916. The van der Waals surface area contributed by atoms with Gasteiger partial charge in [0.05, 0.1) is 0 Å². The minimum Gasteiger partial charge on any atom is -0.436 e. The second kappa shape index (κ2) is 57.2. The van der Waals surface area contributed by atoms with Gasteiger partial charge in [0, 0.05) is 27.4 Å². The van der Waals surface area contributed by atoms with Gasteiger partial charge in [-0.1, -0.05) is 198 Å². The van der Waals surface area contributed by atoms with E-state index in [1.165, 1.54) is 141 Å². The van der Waals surface area contributed by atoms with E-state index >= 15 is 0 Å². The first-order valence-electron chi connectivity index (χ1n) is 22.4. The van der Waals surface area contributed by atoms with E-state index in [1.807, 2.05) is 14.0 Å². The predicted molar refractivity (Wildman–Crippen MR) is 248 cm³/mol. The maximum Gasteiger partial charge on any atom is 0.321 e. The van der Waals surface area contributed by atoms with Crippen LogP contribution in [0, 0.1) is 0 Å². The van der Waals surface area contributed by atoms with Crippen molar-refractivity contribution in [1.82, 2.24) is 0 Å². The zero-order chi connectivity index (χ0) is 41.3. The highest BCUT2D eigenvalue weighted by Crippen LogP contribution is 2.20. The second-order valence-electron chi connectivity index (χ2n) is 15.3. The lowest BCUT2D eigenvalue weighted by atomic mass is 10.2. The largest absolute Gasteiger partial charge is 0.436 e. The van der Waals surface area contributed by atoms with E-state index in [4.69, 9.17) is 17.7 Å². The molecule has 0 unspecified atom stereocenters. The average Bonchev–Trinajstić information content (AvgIpc) is 3.11. The van der Waals surface area contributed by atoms with Gasteiger partial charge in [-0.3, -0.25) is 0 Å². The molecule has 0 aliphatic rings. The molecule has 0 rings (SSSR count). The van der Waals surface area contributed by atoms with Gasteiger partial charge in [-0.05, 0) is 64.7 Å². The summed E-state index contributed by atoms with van der Waals surface area (Å²) in [6, 6.07) is 2.56. The lowest BCUT2D eigenvalue weighted by Crippen LogP contribution is -2.45. The zero-order valence-corrected chi connectivity index (χ0v) is 43.1. The van der Waals surface area contributed by atoms with Crippen LogP contribution in [-0.4, -0.2) is 52.6 Å². The topological polar surface area (TPSA) is 36.9 Å². The minimum absolute atomic E-state index is 0.861. The summed E-state index contributed by atoms with van der Waals surface area (Å²) in [5.74, 6) is 0. The van der Waals surface area contributed by atoms with Gasteiger partial charge in [-0.2, -0.15) is 0 Å². The van der Waals surface area contributed by atoms with E-state index in [9.17, 15) is 0 Å². The molecule has 51 heavy (non-hydrogen) atoms. The summed E-state index contributed by atoms with van der Waals surface area (Å²) >= 11 is 0. The molecule has 320 valence electrons. The minimum atomic E-state index is -1.80. The Morgan fingerprint density at radius 3 is 0.922 bits per heavy atom. The molecule has 0 atom stereocenters. The zero-order valence-electron chi connectivity index (χ0n) is 40.1. The van der Waals surface area contributed by atoms with Crippen molar-refractivity contribution in [2.75, 3.05) is 27.4 Å². The number of rotatable bonds is 24. The molecular formula is C44H108O4Si3. The summed E-state index contributed by atoms with van der Waals surface area (Å²) < 4.78 is 22.0. The van der Waals surface area contributed by atoms with Crippen LogP contribution < -0.4 is 0 Å². The highest BCUT2D eigenvalue weighted by molar-refractivity contribution is 6.82. The monoisotopic (exact) mass is 785 g/mol. The van der Waals surface area contributed by atoms with Crippen LogP contribution >= 0.6 is 0 Å². The molecule has 0 saturated carbocycles. The standard InChI is InChI=1S/C9H24O2Si2.C7H18OSi.C7H16.C6H14O.C6H14.C5H12.C4H10/c1-7-8-9-12(3,4)11-13(5,6)10-2;1-5-6-7-9(3,4)8-2;1-3-5-7-6-4-2;1-3-5-6-7-4-2;1-3-5-6-4-2;1-3-5-4-2;1-3-4-2/h7-9H2,1-6H3;5-7H2,1-4H3;3-7H2,1-2H3;3-6H2,1-2H3;3-6H2,1-2H3;3-5H2,1-2H3;3-4H2,1-2H3. The van der Waals surface area contributed by atoms with Gasteiger partial charge in [0.25, 0.3) is 0 Å². The molecule has 0 saturated heterocycles. The second-order valence-corrected chi connectivity index (χ2v) is 27.8. The lowest BCUT2D eigenvalue weighted by Gasteiger charge is -2.32. The quantitative estimate of drug-likeness (QED) is 0.0721. The molecule has 0 radical (unpaired) electrons. The molecule has 0 bridgehead atoms. The van der Waals surface area contributed by atoms with Crippen LogP contribution in [0.4, 0.5) is 0 Å². The van der Waals surface area contributed by atoms with Gasteiger partial charge >= 0.3 is 8.56 Å². The fraction of sp³-hybridized carbons (Fsp3) is 1.00. The first-order chi connectivity index (χ1) is 24.0. The maximum absolute atomic E-state index is 6.13. The number of hydrogen-bond donors (Lipinski definition) is 0. The Kier molecular flexibility index (Phi) is 74.4. The van der Waals surface area contributed by atoms with Crippen molar-refractivity contribution in [3.8, 4) is 0 Å². The Bertz CT molecular complexity index is 506. The third kappa shape index (κ3) is 89.2. The van der Waals surface area contributed by atoms with Crippen LogP contribution in [0.2, 0.25) is 51.4 Å². The third-order valence-corrected chi connectivity index (χ3v) is 17.4. The molecule has 7 heteroatoms. The van der Waals surface area contributed by atoms with Crippen molar-refractivity contribution in [1.29, 1.82) is 0 Å². The van der Waals surface area contributed by atoms with E-state index in [-0.39, 0.29) is 0 Å². The Morgan fingerprint density at radius 1 is 0.333 bits per heavy atom. The lowest BCUT2D eigenvalue weighted by molar-refractivity contribution is 0.144. The van der Waals surface area contributed by atoms with E-state index in [0.717, 1.165) is 13.2 Å². The van der Waals surface area contributed by atoms with Gasteiger partial charge in [0.15, 0.2) is 16.6 Å². The van der Waals surface area contributed by atoms with Gasteiger partial charge in [0.2, 0.25) is 0 Å². The van der Waals surface area contributed by atoms with E-state index in [2.05, 4.69) is 115 Å². The molecule has 0 heterocycles. The van der Waals surface area contributed by atoms with Crippen molar-refractivity contribution in [3.05, 3.63) is 0 Å². The van der Waals surface area contributed by atoms with Crippen molar-refractivity contribution in [2.24, 2.45) is 0 Å². The van der Waals surface area contributed by atoms with Crippen LogP contribution in [0.3, 0.4) is 0 Å². The summed E-state index contributed by atoms with van der Waals surface area (Å²) in [5.41, 5.74) is 0. The van der Waals surface area contributed by atoms with E-state index in [1.54, 1.807) is 7.11 Å². The molecule has 0 aromatic rings. The molecule has 0 N–H and O–H groups in total. The number of unbranched alkanes of at least 4 members (excludes halogenated alkanes) is 13. The van der Waals surface area contributed by atoms with E-state index in [0.29, 0.717) is 0 Å². The number of ether oxygens (including phenoxy) is 1. The first-order valence-corrected chi connectivity index (χ1v) is 31.4. The molecule has 0 aromatic heterocycles. The summed E-state index contributed by atoms with van der Waals surface area (Å²) in [7, 11) is -0.848. The van der Waals surface area contributed by atoms with E-state index < -0.39 is 25.2 Å². The number of hydrogen-bond acceptors (Lipinski definition) is 4. The van der Waals surface area contributed by atoms with Crippen LogP contribution in [0.5, 0.6) is 0 Å². The molecule has 0 aliphatic carbocycles. The Morgan fingerprint density at radius 2 is 0.667 bits per heavy atom. The average molecular weight is 786 g/mol. The van der Waals surface area contributed by atoms with Gasteiger partial charge in [-0.25, -0.2) is 0 Å². The van der Waals surface area contributed by atoms with Gasteiger partial charge < -0.3 is 17.7 Å². The molecule has 0 aliphatic heterocycles. The third-order valence-electron chi connectivity index (χ3n) is 8.05. The fourth-order valence-corrected chi connectivity index (χ4v) is 12.7. The van der Waals surface area contributed by atoms with Crippen LogP contribution in [0.15, 0.2) is 0 Å². The molecule has 0 fully saturated rings. The summed E-state index contributed by atoms with van der Waals surface area (Å²) in [6.45, 7) is 41.5. The summed E-state index contributed by atoms with van der Waals surface area (Å²) in [6.07, 6.45) is 26.9. The van der Waals surface area contributed by atoms with Gasteiger partial charge in [-0.15, -0.1) is 0 Å². The molecule has 0 spiro atoms. The smallest absolute Gasteiger partial charge is 0.321 e. The van der Waals surface area contributed by atoms with Crippen molar-refractivity contribution >= 4 is 25.2 Å². The summed E-state index contributed by atoms with van der Waals surface area (Å²) in [5, 5.41) is 0. The Hall–Kier alpha value is 0.491. The van der Waals surface area contributed by atoms with Crippen LogP contribution in [0.25, 0.3) is 0 Å². The Labute approximate surface area is 332 Å². The predicted octanol–water partition coefficient (Wildman–Crippen LogP) is 17.4. The highest BCUT2D eigenvalue weighted by atomic mass is 28.4. The maximum atomic E-state index is 6.13. The van der Waals surface area contributed by atoms with Gasteiger partial charge in [0.1, 0.15) is 0 Å². The van der Waals surface area contributed by atoms with Crippen molar-refractivity contribution < 1.29 is 17.7 Å². The highest BCUT2D eigenvalue weighted by Gasteiger charge is 2.33. The molecular weight excluding hydrogens is 677 g/mol. The molecule has 0 aromatic carbocycles. The molecule has 0 amide bonds. The van der Waals surface area contributed by atoms with Crippen molar-refractivity contribution in [3.63, 3.8) is 0 Å². The normalized spacial score (nSPS) is 10.6. The van der Waals surface area contributed by atoms with Crippen LogP contribution in [-0.2, 0) is 17.7 Å². The van der Waals surface area contributed by atoms with Crippen LogP contribution in [0.1, 0.15) is 212 Å². The SMILES string of the molecule is CCCC.CCCCC.CCCCCC.CCCCCCC.CCCCOCC.CCCC[Si](C)(C)OC.CCCC[Si](C)(C)O[Si](C)(C)OC. The fourth-order valence-electron chi connectivity index (χ4n) is 3.99. The van der Waals surface area contributed by atoms with Crippen molar-refractivity contribution in [2.45, 2.75) is 263 Å².